The monoisotopic (exact) mass is 356 g/mol. The lowest BCUT2D eigenvalue weighted by molar-refractivity contribution is 0.411. The van der Waals surface area contributed by atoms with E-state index in [0.717, 1.165) is 10.2 Å². The molecule has 4 nitrogen and oxygen atoms in total. The number of nitrogens with zero attached hydrogens (tertiary/aromatic N) is 2. The second kappa shape index (κ2) is 6.41. The number of hydrogen-bond acceptors (Lipinski definition) is 4. The molecule has 0 radical (unpaired) electrons. The molecule has 0 N–H and O–H groups in total. The molecule has 0 unspecified atom stereocenters. The molecule has 0 saturated heterocycles. The van der Waals surface area contributed by atoms with Crippen LogP contribution in [-0.4, -0.2) is 17.1 Å². The van der Waals surface area contributed by atoms with Gasteiger partial charge in [-0.3, -0.25) is 0 Å². The number of ether oxygens (including phenoxy) is 2. The van der Waals surface area contributed by atoms with Gasteiger partial charge in [0.15, 0.2) is 0 Å². The van der Waals surface area contributed by atoms with Gasteiger partial charge in [0.2, 0.25) is 5.88 Å². The number of aryl methyl sites for hydroxylation is 1. The topological polar surface area (TPSA) is 44.2 Å². The van der Waals surface area contributed by atoms with Crippen molar-refractivity contribution >= 4 is 27.5 Å². The Balaban J connectivity index is 2.37. The molecule has 0 fully saturated rings. The first kappa shape index (κ1) is 15.1. The highest BCUT2D eigenvalue weighted by atomic mass is 79.9. The fourth-order valence-corrected chi connectivity index (χ4v) is 2.18. The first-order valence-electron chi connectivity index (χ1n) is 6.09. The zero-order valence-electron chi connectivity index (χ0n) is 11.4. The van der Waals surface area contributed by atoms with E-state index in [0.29, 0.717) is 34.6 Å². The predicted octanol–water partition coefficient (Wildman–Crippen LogP) is 4.56. The second-order valence-electron chi connectivity index (χ2n) is 4.11. The Labute approximate surface area is 131 Å². The maximum atomic E-state index is 6.09. The minimum atomic E-state index is 0.413. The van der Waals surface area contributed by atoms with Crippen LogP contribution in [-0.2, 0) is 6.42 Å². The highest BCUT2D eigenvalue weighted by Crippen LogP contribution is 2.34. The van der Waals surface area contributed by atoms with Crippen molar-refractivity contribution in [3.05, 3.63) is 39.2 Å². The van der Waals surface area contributed by atoms with Crippen molar-refractivity contribution in [3.63, 3.8) is 0 Å². The summed E-state index contributed by atoms with van der Waals surface area (Å²) in [4.78, 5) is 8.55. The van der Waals surface area contributed by atoms with Crippen molar-refractivity contribution < 1.29 is 9.47 Å². The molecule has 0 aliphatic rings. The van der Waals surface area contributed by atoms with Crippen LogP contribution in [0.3, 0.4) is 0 Å². The Morgan fingerprint density at radius 2 is 2.05 bits per heavy atom. The minimum absolute atomic E-state index is 0.413. The SMILES string of the molecule is CCc1nc(Cl)c(C)c(Oc2ccc(OC)cc2Br)n1. The van der Waals surface area contributed by atoms with Gasteiger partial charge in [0.1, 0.15) is 22.5 Å². The molecule has 0 aliphatic heterocycles. The molecule has 20 heavy (non-hydrogen) atoms. The maximum absolute atomic E-state index is 6.09. The van der Waals surface area contributed by atoms with E-state index in [9.17, 15) is 0 Å². The van der Waals surface area contributed by atoms with Crippen LogP contribution >= 0.6 is 27.5 Å². The third-order valence-corrected chi connectivity index (χ3v) is 3.74. The van der Waals surface area contributed by atoms with Gasteiger partial charge in [-0.25, -0.2) is 4.98 Å². The summed E-state index contributed by atoms with van der Waals surface area (Å²) >= 11 is 9.53. The van der Waals surface area contributed by atoms with Gasteiger partial charge in [0.05, 0.1) is 11.6 Å². The van der Waals surface area contributed by atoms with Gasteiger partial charge < -0.3 is 9.47 Å². The van der Waals surface area contributed by atoms with Gasteiger partial charge in [-0.1, -0.05) is 18.5 Å². The molecule has 0 amide bonds. The molecule has 1 heterocycles. The van der Waals surface area contributed by atoms with Gasteiger partial charge >= 0.3 is 0 Å². The van der Waals surface area contributed by atoms with E-state index < -0.39 is 0 Å². The van der Waals surface area contributed by atoms with Crippen molar-refractivity contribution in [2.24, 2.45) is 0 Å². The number of methoxy groups -OCH3 is 1. The molecule has 0 bridgehead atoms. The maximum Gasteiger partial charge on any atom is 0.227 e. The van der Waals surface area contributed by atoms with Crippen molar-refractivity contribution in [1.29, 1.82) is 0 Å². The quantitative estimate of drug-likeness (QED) is 0.752. The molecule has 1 aromatic heterocycles. The van der Waals surface area contributed by atoms with Gasteiger partial charge in [0, 0.05) is 12.0 Å². The molecule has 0 aliphatic carbocycles. The minimum Gasteiger partial charge on any atom is -0.497 e. The first-order chi connectivity index (χ1) is 9.55. The van der Waals surface area contributed by atoms with Crippen LogP contribution in [0.5, 0.6) is 17.4 Å². The first-order valence-corrected chi connectivity index (χ1v) is 7.26. The van der Waals surface area contributed by atoms with E-state index in [2.05, 4.69) is 25.9 Å². The Morgan fingerprint density at radius 1 is 1.30 bits per heavy atom. The molecule has 2 rings (SSSR count). The van der Waals surface area contributed by atoms with Crippen LogP contribution in [0.25, 0.3) is 0 Å². The standard InChI is InChI=1S/C14H14BrClN2O2/c1-4-12-17-13(16)8(2)14(18-12)20-11-6-5-9(19-3)7-10(11)15/h5-7H,4H2,1-3H3. The van der Waals surface area contributed by atoms with E-state index in [1.807, 2.05) is 32.0 Å². The fourth-order valence-electron chi connectivity index (χ4n) is 1.56. The number of aromatic nitrogens is 2. The second-order valence-corrected chi connectivity index (χ2v) is 5.33. The molecule has 2 aromatic rings. The lowest BCUT2D eigenvalue weighted by Gasteiger charge is -2.11. The van der Waals surface area contributed by atoms with Crippen LogP contribution in [0.4, 0.5) is 0 Å². The lowest BCUT2D eigenvalue weighted by atomic mass is 10.3. The summed E-state index contributed by atoms with van der Waals surface area (Å²) in [6.07, 6.45) is 0.695. The third kappa shape index (κ3) is 3.22. The average molecular weight is 358 g/mol. The van der Waals surface area contributed by atoms with Crippen molar-refractivity contribution in [2.45, 2.75) is 20.3 Å². The fraction of sp³-hybridized carbons (Fsp3) is 0.286. The van der Waals surface area contributed by atoms with Gasteiger partial charge in [0.25, 0.3) is 0 Å². The normalized spacial score (nSPS) is 10.4. The van der Waals surface area contributed by atoms with Crippen molar-refractivity contribution in [2.75, 3.05) is 7.11 Å². The lowest BCUT2D eigenvalue weighted by Crippen LogP contribution is -2.00. The summed E-state index contributed by atoms with van der Waals surface area (Å²) in [7, 11) is 1.62. The van der Waals surface area contributed by atoms with Crippen LogP contribution in [0.1, 0.15) is 18.3 Å². The number of halogens is 2. The van der Waals surface area contributed by atoms with E-state index in [1.165, 1.54) is 0 Å². The smallest absolute Gasteiger partial charge is 0.227 e. The number of rotatable bonds is 4. The van der Waals surface area contributed by atoms with Gasteiger partial charge in [-0.15, -0.1) is 0 Å². The van der Waals surface area contributed by atoms with Gasteiger partial charge in [-0.2, -0.15) is 4.98 Å². The summed E-state index contributed by atoms with van der Waals surface area (Å²) in [6, 6.07) is 5.46. The summed E-state index contributed by atoms with van der Waals surface area (Å²) in [5.41, 5.74) is 0.714. The Morgan fingerprint density at radius 3 is 2.65 bits per heavy atom. The van der Waals surface area contributed by atoms with Crippen LogP contribution in [0.15, 0.2) is 22.7 Å². The van der Waals surface area contributed by atoms with Crippen molar-refractivity contribution in [1.82, 2.24) is 9.97 Å². The molecule has 0 saturated carbocycles. The summed E-state index contributed by atoms with van der Waals surface area (Å²) in [6.45, 7) is 3.79. The van der Waals surface area contributed by atoms with E-state index in [4.69, 9.17) is 21.1 Å². The largest absolute Gasteiger partial charge is 0.497 e. The van der Waals surface area contributed by atoms with Crippen LogP contribution < -0.4 is 9.47 Å². The molecular formula is C14H14BrClN2O2. The van der Waals surface area contributed by atoms with E-state index in [-0.39, 0.29) is 0 Å². The Hall–Kier alpha value is -1.33. The highest BCUT2D eigenvalue weighted by Gasteiger charge is 2.12. The van der Waals surface area contributed by atoms with Crippen LogP contribution in [0, 0.1) is 6.92 Å². The zero-order valence-corrected chi connectivity index (χ0v) is 13.7. The summed E-state index contributed by atoms with van der Waals surface area (Å²) in [5.74, 6) is 2.51. The predicted molar refractivity (Wildman–Crippen MR) is 81.9 cm³/mol. The van der Waals surface area contributed by atoms with Crippen LogP contribution in [0.2, 0.25) is 5.15 Å². The molecule has 1 aromatic carbocycles. The molecule has 0 atom stereocenters. The molecule has 6 heteroatoms. The van der Waals surface area contributed by atoms with Gasteiger partial charge in [-0.05, 0) is 41.1 Å². The zero-order chi connectivity index (χ0) is 14.7. The summed E-state index contributed by atoms with van der Waals surface area (Å²) < 4.78 is 11.8. The molecule has 0 spiro atoms. The van der Waals surface area contributed by atoms with E-state index >= 15 is 0 Å². The number of benzene rings is 1. The Bertz CT molecular complexity index is 635. The Kier molecular flexibility index (Phi) is 4.83. The van der Waals surface area contributed by atoms with E-state index in [1.54, 1.807) is 7.11 Å². The highest BCUT2D eigenvalue weighted by molar-refractivity contribution is 9.10. The van der Waals surface area contributed by atoms with Crippen molar-refractivity contribution in [3.8, 4) is 17.4 Å². The third-order valence-electron chi connectivity index (χ3n) is 2.75. The average Bonchev–Trinajstić information content (AvgIpc) is 2.45. The molecule has 106 valence electrons. The summed E-state index contributed by atoms with van der Waals surface area (Å²) in [5, 5.41) is 0.413. The number of hydrogen-bond donors (Lipinski definition) is 0. The molecular weight excluding hydrogens is 344 g/mol.